The van der Waals surface area contributed by atoms with Crippen LogP contribution < -0.4 is 5.32 Å². The zero-order valence-corrected chi connectivity index (χ0v) is 12.0. The molecule has 0 spiro atoms. The lowest BCUT2D eigenvalue weighted by atomic mass is 10.0. The van der Waals surface area contributed by atoms with Crippen molar-refractivity contribution in [1.82, 2.24) is 10.3 Å². The van der Waals surface area contributed by atoms with Crippen LogP contribution in [0.3, 0.4) is 0 Å². The highest BCUT2D eigenvalue weighted by Crippen LogP contribution is 2.24. The number of ether oxygens (including phenoxy) is 1. The molecule has 1 aromatic rings. The topological polar surface area (TPSA) is 88.3 Å². The van der Waals surface area contributed by atoms with Crippen LogP contribution in [0.25, 0.3) is 0 Å². The Labute approximate surface area is 115 Å². The predicted octanol–water partition coefficient (Wildman–Crippen LogP) is 1.24. The summed E-state index contributed by atoms with van der Waals surface area (Å²) < 4.78 is 27.7. The Kier molecular flexibility index (Phi) is 3.89. The van der Waals surface area contributed by atoms with Crippen molar-refractivity contribution in [2.75, 3.05) is 13.2 Å². The lowest BCUT2D eigenvalue weighted by molar-refractivity contribution is 0.0205. The molecule has 1 amide bonds. The second-order valence-corrected chi connectivity index (χ2v) is 7.34. The van der Waals surface area contributed by atoms with E-state index in [0.29, 0.717) is 13.2 Å². The van der Waals surface area contributed by atoms with E-state index in [0.717, 1.165) is 12.8 Å². The zero-order valence-electron chi connectivity index (χ0n) is 10.4. The molecular formula is C11H15ClN2O4S. The van der Waals surface area contributed by atoms with E-state index in [1.54, 1.807) is 0 Å². The average molecular weight is 307 g/mol. The number of carbonyl (C=O) groups is 1. The number of H-pyrrole nitrogens is 1. The Bertz CT molecular complexity index is 575. The summed E-state index contributed by atoms with van der Waals surface area (Å²) in [5.41, 5.74) is -0.190. The van der Waals surface area contributed by atoms with Gasteiger partial charge in [-0.1, -0.05) is 0 Å². The summed E-state index contributed by atoms with van der Waals surface area (Å²) in [6, 6.07) is 1.20. The van der Waals surface area contributed by atoms with Gasteiger partial charge >= 0.3 is 0 Å². The molecule has 1 aliphatic rings. The summed E-state index contributed by atoms with van der Waals surface area (Å²) in [6.45, 7) is 3.01. The number of aromatic amines is 1. The van der Waals surface area contributed by atoms with Crippen molar-refractivity contribution in [3.8, 4) is 0 Å². The predicted molar refractivity (Wildman–Crippen MR) is 69.8 cm³/mol. The van der Waals surface area contributed by atoms with E-state index in [1.807, 2.05) is 6.92 Å². The molecule has 2 rings (SSSR count). The Morgan fingerprint density at radius 2 is 2.37 bits per heavy atom. The molecule has 1 atom stereocenters. The first kappa shape index (κ1) is 14.4. The largest absolute Gasteiger partial charge is 0.373 e. The van der Waals surface area contributed by atoms with E-state index in [-0.39, 0.29) is 22.1 Å². The molecule has 1 saturated heterocycles. The highest BCUT2D eigenvalue weighted by Gasteiger charge is 2.30. The van der Waals surface area contributed by atoms with Gasteiger partial charge in [-0.25, -0.2) is 8.42 Å². The molecule has 1 aliphatic heterocycles. The minimum atomic E-state index is -3.82. The molecule has 106 valence electrons. The molecule has 6 nitrogen and oxygen atoms in total. The third-order valence-corrected chi connectivity index (χ3v) is 4.44. The fourth-order valence-corrected chi connectivity index (χ4v) is 2.71. The number of halogens is 1. The van der Waals surface area contributed by atoms with E-state index >= 15 is 0 Å². The molecular weight excluding hydrogens is 292 g/mol. The fraction of sp³-hybridized carbons (Fsp3) is 0.545. The van der Waals surface area contributed by atoms with Gasteiger partial charge < -0.3 is 15.0 Å². The smallest absolute Gasteiger partial charge is 0.267 e. The summed E-state index contributed by atoms with van der Waals surface area (Å²) >= 11 is 0. The van der Waals surface area contributed by atoms with Crippen LogP contribution in [0.4, 0.5) is 0 Å². The summed E-state index contributed by atoms with van der Waals surface area (Å²) in [6.07, 6.45) is 3.05. The van der Waals surface area contributed by atoms with Gasteiger partial charge in [0.05, 0.1) is 5.60 Å². The molecule has 1 aromatic heterocycles. The molecule has 1 fully saturated rings. The first-order valence-electron chi connectivity index (χ1n) is 5.85. The van der Waals surface area contributed by atoms with Gasteiger partial charge in [0, 0.05) is 30.0 Å². The lowest BCUT2D eigenvalue weighted by Gasteiger charge is -2.23. The normalized spacial score (nSPS) is 23.5. The molecule has 0 saturated carbocycles. The van der Waals surface area contributed by atoms with Crippen molar-refractivity contribution in [2.24, 2.45) is 0 Å². The Balaban J connectivity index is 1.99. The van der Waals surface area contributed by atoms with Crippen molar-refractivity contribution < 1.29 is 17.9 Å². The summed E-state index contributed by atoms with van der Waals surface area (Å²) in [5, 5.41) is 2.71. The Morgan fingerprint density at radius 3 is 2.89 bits per heavy atom. The van der Waals surface area contributed by atoms with Gasteiger partial charge in [0.1, 0.15) is 10.6 Å². The standard InChI is InChI=1S/C11H15ClN2O4S/c1-11(3-2-4-18-11)7-14-10(15)9-5-8(6-13-9)19(12,16)17/h5-6,13H,2-4,7H2,1H3,(H,14,15). The minimum Gasteiger partial charge on any atom is -0.373 e. The van der Waals surface area contributed by atoms with Gasteiger partial charge in [0.25, 0.3) is 15.0 Å². The van der Waals surface area contributed by atoms with E-state index in [9.17, 15) is 13.2 Å². The van der Waals surface area contributed by atoms with E-state index in [4.69, 9.17) is 15.4 Å². The quantitative estimate of drug-likeness (QED) is 0.819. The van der Waals surface area contributed by atoms with Crippen LogP contribution in [0.1, 0.15) is 30.3 Å². The van der Waals surface area contributed by atoms with Gasteiger partial charge in [-0.2, -0.15) is 0 Å². The molecule has 19 heavy (non-hydrogen) atoms. The summed E-state index contributed by atoms with van der Waals surface area (Å²) in [7, 11) is 1.36. The number of carbonyl (C=O) groups excluding carboxylic acids is 1. The number of hydrogen-bond acceptors (Lipinski definition) is 4. The van der Waals surface area contributed by atoms with E-state index < -0.39 is 9.05 Å². The SMILES string of the molecule is CC1(CNC(=O)c2cc(S(=O)(=O)Cl)c[nH]2)CCCO1. The van der Waals surface area contributed by atoms with Gasteiger partial charge in [-0.05, 0) is 25.8 Å². The summed E-state index contributed by atoms with van der Waals surface area (Å²) in [5.74, 6) is -0.386. The lowest BCUT2D eigenvalue weighted by Crippen LogP contribution is -2.40. The minimum absolute atomic E-state index is 0.123. The maximum atomic E-state index is 11.8. The van der Waals surface area contributed by atoms with Crippen LogP contribution in [0.15, 0.2) is 17.2 Å². The third kappa shape index (κ3) is 3.49. The highest BCUT2D eigenvalue weighted by atomic mass is 35.7. The first-order valence-corrected chi connectivity index (χ1v) is 8.16. The maximum Gasteiger partial charge on any atom is 0.267 e. The van der Waals surface area contributed by atoms with Crippen molar-refractivity contribution in [1.29, 1.82) is 0 Å². The van der Waals surface area contributed by atoms with E-state index in [2.05, 4.69) is 10.3 Å². The Morgan fingerprint density at radius 1 is 1.63 bits per heavy atom. The second kappa shape index (κ2) is 5.15. The molecule has 8 heteroatoms. The number of hydrogen-bond donors (Lipinski definition) is 2. The van der Waals surface area contributed by atoms with Gasteiger partial charge in [0.15, 0.2) is 0 Å². The third-order valence-electron chi connectivity index (χ3n) is 3.11. The first-order chi connectivity index (χ1) is 8.80. The van der Waals surface area contributed by atoms with Crippen LogP contribution in [0.5, 0.6) is 0 Å². The molecule has 2 N–H and O–H groups in total. The van der Waals surface area contributed by atoms with Crippen LogP contribution in [-0.2, 0) is 13.8 Å². The number of nitrogens with one attached hydrogen (secondary N) is 2. The molecule has 2 heterocycles. The van der Waals surface area contributed by atoms with Gasteiger partial charge in [-0.3, -0.25) is 4.79 Å². The van der Waals surface area contributed by atoms with Crippen molar-refractivity contribution in [3.63, 3.8) is 0 Å². The highest BCUT2D eigenvalue weighted by molar-refractivity contribution is 8.13. The van der Waals surface area contributed by atoms with Crippen LogP contribution in [0.2, 0.25) is 0 Å². The number of amides is 1. The molecule has 1 unspecified atom stereocenters. The van der Waals surface area contributed by atoms with Crippen LogP contribution in [0, 0.1) is 0 Å². The van der Waals surface area contributed by atoms with E-state index in [1.165, 1.54) is 12.3 Å². The Hall–Kier alpha value is -1.05. The number of aromatic nitrogens is 1. The molecule has 0 aliphatic carbocycles. The number of rotatable bonds is 4. The second-order valence-electron chi connectivity index (χ2n) is 4.77. The molecule has 0 bridgehead atoms. The monoisotopic (exact) mass is 306 g/mol. The summed E-state index contributed by atoms with van der Waals surface area (Å²) in [4.78, 5) is 14.3. The van der Waals surface area contributed by atoms with Crippen LogP contribution in [-0.4, -0.2) is 38.1 Å². The van der Waals surface area contributed by atoms with Gasteiger partial charge in [-0.15, -0.1) is 0 Å². The van der Waals surface area contributed by atoms with Crippen molar-refractivity contribution in [2.45, 2.75) is 30.3 Å². The molecule has 0 radical (unpaired) electrons. The molecule has 0 aromatic carbocycles. The van der Waals surface area contributed by atoms with Crippen molar-refractivity contribution in [3.05, 3.63) is 18.0 Å². The van der Waals surface area contributed by atoms with Gasteiger partial charge in [0.2, 0.25) is 0 Å². The fourth-order valence-electron chi connectivity index (χ4n) is 1.99. The maximum absolute atomic E-state index is 11.8. The average Bonchev–Trinajstić information content (AvgIpc) is 2.94. The van der Waals surface area contributed by atoms with Crippen LogP contribution >= 0.6 is 10.7 Å². The van der Waals surface area contributed by atoms with Crippen molar-refractivity contribution >= 4 is 25.6 Å². The zero-order chi connectivity index (χ0) is 14.1.